The van der Waals surface area contributed by atoms with Crippen LogP contribution in [0.2, 0.25) is 0 Å². The lowest BCUT2D eigenvalue weighted by Gasteiger charge is -2.09. The van der Waals surface area contributed by atoms with Crippen molar-refractivity contribution < 1.29 is 13.7 Å². The quantitative estimate of drug-likeness (QED) is 0.473. The van der Waals surface area contributed by atoms with Gasteiger partial charge in [0.15, 0.2) is 5.76 Å². The van der Waals surface area contributed by atoms with Gasteiger partial charge in [0.05, 0.1) is 29.5 Å². The summed E-state index contributed by atoms with van der Waals surface area (Å²) < 4.78 is 12.6. The van der Waals surface area contributed by atoms with Gasteiger partial charge in [-0.25, -0.2) is 4.98 Å². The summed E-state index contributed by atoms with van der Waals surface area (Å²) in [6, 6.07) is 14.8. The zero-order valence-electron chi connectivity index (χ0n) is 16.1. The van der Waals surface area contributed by atoms with Crippen LogP contribution in [0.1, 0.15) is 21.6 Å². The van der Waals surface area contributed by atoms with Crippen LogP contribution >= 0.6 is 0 Å². The first-order valence-corrected chi connectivity index (χ1v) is 9.36. The Morgan fingerprint density at radius 3 is 2.90 bits per heavy atom. The van der Waals surface area contributed by atoms with Crippen molar-refractivity contribution in [1.82, 2.24) is 19.9 Å². The van der Waals surface area contributed by atoms with Gasteiger partial charge in [0.2, 0.25) is 0 Å². The van der Waals surface area contributed by atoms with Crippen LogP contribution < -0.4 is 5.32 Å². The number of rotatable bonds is 5. The molecule has 0 aliphatic carbocycles. The van der Waals surface area contributed by atoms with Crippen LogP contribution in [-0.4, -0.2) is 25.8 Å². The third-order valence-corrected chi connectivity index (χ3v) is 4.72. The molecule has 0 unspecified atom stereocenters. The van der Waals surface area contributed by atoms with Gasteiger partial charge in [-0.1, -0.05) is 17.3 Å². The van der Waals surface area contributed by atoms with Gasteiger partial charge in [-0.3, -0.25) is 9.48 Å². The highest BCUT2D eigenvalue weighted by atomic mass is 16.5. The molecule has 1 N–H and O–H groups in total. The summed E-state index contributed by atoms with van der Waals surface area (Å²) in [6.45, 7) is 2.39. The number of aromatic nitrogens is 4. The molecule has 0 aliphatic rings. The third-order valence-electron chi connectivity index (χ3n) is 4.72. The van der Waals surface area contributed by atoms with Gasteiger partial charge in [-0.15, -0.1) is 0 Å². The summed E-state index contributed by atoms with van der Waals surface area (Å²) in [5.41, 5.74) is 3.51. The molecule has 4 aromatic heterocycles. The molecule has 8 nitrogen and oxygen atoms in total. The molecular weight excluding hydrogens is 382 g/mol. The minimum absolute atomic E-state index is 0.280. The fraction of sp³-hybridized carbons (Fsp3) is 0.0909. The number of benzene rings is 1. The number of anilines is 1. The second-order valence-electron chi connectivity index (χ2n) is 6.84. The largest absolute Gasteiger partial charge is 0.463 e. The summed E-state index contributed by atoms with van der Waals surface area (Å²) in [7, 11) is 0. The van der Waals surface area contributed by atoms with Gasteiger partial charge in [-0.05, 0) is 48.9 Å². The molecule has 0 radical (unpaired) electrons. The zero-order chi connectivity index (χ0) is 20.5. The Kier molecular flexibility index (Phi) is 4.36. The maximum atomic E-state index is 13.2. The van der Waals surface area contributed by atoms with E-state index in [4.69, 9.17) is 8.94 Å². The molecule has 0 atom stereocenters. The third kappa shape index (κ3) is 3.35. The topological polar surface area (TPSA) is 99.0 Å². The Labute approximate surface area is 171 Å². The smallest absolute Gasteiger partial charge is 0.259 e. The standard InChI is InChI=1S/C22H17N5O3/c1-14-20-17(12-18(19-7-3-10-29-19)25-22(20)30-26-14)21(28)24-16-6-2-5-15(11-16)13-27-9-4-8-23-27/h2-12H,13H2,1H3,(H,24,28). The molecule has 1 amide bonds. The molecule has 0 fully saturated rings. The van der Waals surface area contributed by atoms with E-state index in [2.05, 4.69) is 20.6 Å². The number of fused-ring (bicyclic) bond motifs is 1. The average molecular weight is 399 g/mol. The van der Waals surface area contributed by atoms with E-state index < -0.39 is 0 Å². The van der Waals surface area contributed by atoms with Crippen molar-refractivity contribution in [3.8, 4) is 11.5 Å². The van der Waals surface area contributed by atoms with Crippen molar-refractivity contribution in [3.63, 3.8) is 0 Å². The second kappa shape index (κ2) is 7.32. The Morgan fingerprint density at radius 1 is 1.17 bits per heavy atom. The van der Waals surface area contributed by atoms with Gasteiger partial charge in [0.25, 0.3) is 11.6 Å². The molecule has 4 heterocycles. The Bertz CT molecular complexity index is 1320. The molecular formula is C22H17N5O3. The van der Waals surface area contributed by atoms with E-state index in [1.54, 1.807) is 37.6 Å². The monoisotopic (exact) mass is 399 g/mol. The van der Waals surface area contributed by atoms with Crippen molar-refractivity contribution in [2.75, 3.05) is 5.32 Å². The number of carbonyl (C=O) groups excluding carboxylic acids is 1. The number of furan rings is 1. The van der Waals surface area contributed by atoms with Crippen LogP contribution in [0.5, 0.6) is 0 Å². The van der Waals surface area contributed by atoms with Crippen LogP contribution in [0.25, 0.3) is 22.6 Å². The SMILES string of the molecule is Cc1noc2nc(-c3ccco3)cc(C(=O)Nc3cccc(Cn4cccn4)c3)c12. The minimum atomic E-state index is -0.280. The molecule has 0 saturated carbocycles. The van der Waals surface area contributed by atoms with Gasteiger partial charge < -0.3 is 14.3 Å². The lowest BCUT2D eigenvalue weighted by molar-refractivity contribution is 0.102. The number of pyridine rings is 1. The first kappa shape index (κ1) is 17.9. The zero-order valence-corrected chi connectivity index (χ0v) is 16.1. The van der Waals surface area contributed by atoms with E-state index in [0.29, 0.717) is 46.0 Å². The number of aryl methyl sites for hydroxylation is 1. The van der Waals surface area contributed by atoms with Crippen molar-refractivity contribution in [3.05, 3.63) is 84.0 Å². The molecule has 0 aliphatic heterocycles. The second-order valence-corrected chi connectivity index (χ2v) is 6.84. The fourth-order valence-corrected chi connectivity index (χ4v) is 3.35. The van der Waals surface area contributed by atoms with E-state index in [1.165, 1.54) is 0 Å². The highest BCUT2D eigenvalue weighted by Crippen LogP contribution is 2.28. The first-order chi connectivity index (χ1) is 14.7. The van der Waals surface area contributed by atoms with E-state index >= 15 is 0 Å². The van der Waals surface area contributed by atoms with E-state index in [9.17, 15) is 4.79 Å². The molecule has 1 aromatic carbocycles. The Hall–Kier alpha value is -4.20. The van der Waals surface area contributed by atoms with Crippen molar-refractivity contribution in [2.45, 2.75) is 13.5 Å². The first-order valence-electron chi connectivity index (χ1n) is 9.36. The lowest BCUT2D eigenvalue weighted by atomic mass is 10.1. The average Bonchev–Trinajstić information content (AvgIpc) is 3.50. The maximum Gasteiger partial charge on any atom is 0.259 e. The van der Waals surface area contributed by atoms with E-state index in [-0.39, 0.29) is 5.91 Å². The number of amides is 1. The summed E-state index contributed by atoms with van der Waals surface area (Å²) in [5, 5.41) is 11.7. The number of nitrogens with zero attached hydrogens (tertiary/aromatic N) is 4. The molecule has 0 bridgehead atoms. The summed E-state index contributed by atoms with van der Waals surface area (Å²) in [5.74, 6) is 0.263. The molecule has 0 spiro atoms. The number of carbonyl (C=O) groups is 1. The normalized spacial score (nSPS) is 11.1. The molecule has 5 rings (SSSR count). The van der Waals surface area contributed by atoms with Gasteiger partial charge in [0, 0.05) is 18.1 Å². The number of hydrogen-bond donors (Lipinski definition) is 1. The fourth-order valence-electron chi connectivity index (χ4n) is 3.35. The molecule has 5 aromatic rings. The summed E-state index contributed by atoms with van der Waals surface area (Å²) in [4.78, 5) is 17.6. The van der Waals surface area contributed by atoms with E-state index in [1.807, 2.05) is 41.2 Å². The summed E-state index contributed by atoms with van der Waals surface area (Å²) >= 11 is 0. The molecule has 0 saturated heterocycles. The number of nitrogens with one attached hydrogen (secondary N) is 1. The van der Waals surface area contributed by atoms with Crippen molar-refractivity contribution in [1.29, 1.82) is 0 Å². The van der Waals surface area contributed by atoms with Gasteiger partial charge >= 0.3 is 0 Å². The maximum absolute atomic E-state index is 13.2. The van der Waals surface area contributed by atoms with Gasteiger partial charge in [0.1, 0.15) is 5.69 Å². The predicted octanol–water partition coefficient (Wildman–Crippen LogP) is 4.29. The minimum Gasteiger partial charge on any atom is -0.463 e. The van der Waals surface area contributed by atoms with E-state index in [0.717, 1.165) is 5.56 Å². The molecule has 30 heavy (non-hydrogen) atoms. The lowest BCUT2D eigenvalue weighted by Crippen LogP contribution is -2.13. The number of hydrogen-bond acceptors (Lipinski definition) is 6. The predicted molar refractivity (Wildman–Crippen MR) is 110 cm³/mol. The Morgan fingerprint density at radius 2 is 2.10 bits per heavy atom. The van der Waals surface area contributed by atoms with Crippen LogP contribution in [0, 0.1) is 6.92 Å². The molecule has 148 valence electrons. The van der Waals surface area contributed by atoms with Gasteiger partial charge in [-0.2, -0.15) is 5.10 Å². The highest BCUT2D eigenvalue weighted by molar-refractivity contribution is 6.13. The van der Waals surface area contributed by atoms with Crippen LogP contribution in [0.3, 0.4) is 0 Å². The summed E-state index contributed by atoms with van der Waals surface area (Å²) in [6.07, 6.45) is 5.18. The van der Waals surface area contributed by atoms with Crippen molar-refractivity contribution in [2.24, 2.45) is 0 Å². The van der Waals surface area contributed by atoms with Crippen LogP contribution in [0.15, 0.2) is 76.1 Å². The van der Waals surface area contributed by atoms with Crippen molar-refractivity contribution >= 4 is 22.7 Å². The Balaban J connectivity index is 1.48. The molecule has 8 heteroatoms. The highest BCUT2D eigenvalue weighted by Gasteiger charge is 2.20. The van der Waals surface area contributed by atoms with Crippen LogP contribution in [-0.2, 0) is 6.54 Å². The van der Waals surface area contributed by atoms with Crippen LogP contribution in [0.4, 0.5) is 5.69 Å².